The fourth-order valence-corrected chi connectivity index (χ4v) is 4.60. The molecule has 0 spiro atoms. The number of hydrogen-bond donors (Lipinski definition) is 0. The molecule has 8 heteroatoms. The maximum absolute atomic E-state index is 4.57. The van der Waals surface area contributed by atoms with Gasteiger partial charge in [-0.2, -0.15) is 16.4 Å². The first-order valence-corrected chi connectivity index (χ1v) is 10.4. The van der Waals surface area contributed by atoms with Crippen molar-refractivity contribution >= 4 is 16.9 Å². The van der Waals surface area contributed by atoms with Crippen LogP contribution in [0.1, 0.15) is 17.3 Å². The Bertz CT molecular complexity index is 1080. The summed E-state index contributed by atoms with van der Waals surface area (Å²) >= 11 is 1.71. The van der Waals surface area contributed by atoms with Gasteiger partial charge < -0.3 is 0 Å². The third-order valence-electron chi connectivity index (χ3n) is 5.51. The molecule has 1 unspecified atom stereocenters. The van der Waals surface area contributed by atoms with Crippen molar-refractivity contribution in [3.05, 3.63) is 58.8 Å². The van der Waals surface area contributed by atoms with E-state index in [2.05, 4.69) is 73.6 Å². The van der Waals surface area contributed by atoms with Crippen LogP contribution in [0.15, 0.2) is 47.5 Å². The molecular formula is C20H23N7S. The molecule has 1 saturated heterocycles. The van der Waals surface area contributed by atoms with Crippen LogP contribution in [0.5, 0.6) is 0 Å². The Morgan fingerprint density at radius 3 is 2.82 bits per heavy atom. The molecule has 4 aromatic rings. The van der Waals surface area contributed by atoms with Gasteiger partial charge in [-0.3, -0.25) is 14.5 Å². The van der Waals surface area contributed by atoms with Crippen molar-refractivity contribution in [2.24, 2.45) is 7.05 Å². The summed E-state index contributed by atoms with van der Waals surface area (Å²) in [5, 5.41) is 17.5. The van der Waals surface area contributed by atoms with Crippen LogP contribution in [0.25, 0.3) is 16.6 Å². The maximum Gasteiger partial charge on any atom is 0.109 e. The Labute approximate surface area is 167 Å². The molecule has 144 valence electrons. The third-order valence-corrected chi connectivity index (χ3v) is 6.19. The van der Waals surface area contributed by atoms with Crippen molar-refractivity contribution in [1.82, 2.24) is 34.4 Å². The Morgan fingerprint density at radius 2 is 2.04 bits per heavy atom. The molecule has 5 heterocycles. The van der Waals surface area contributed by atoms with Crippen LogP contribution in [0.4, 0.5) is 0 Å². The van der Waals surface area contributed by atoms with Crippen LogP contribution >= 0.6 is 11.3 Å². The lowest BCUT2D eigenvalue weighted by atomic mass is 10.1. The van der Waals surface area contributed by atoms with E-state index >= 15 is 0 Å². The summed E-state index contributed by atoms with van der Waals surface area (Å²) in [5.41, 5.74) is 5.77. The quantitative estimate of drug-likeness (QED) is 0.534. The molecule has 4 aromatic heterocycles. The van der Waals surface area contributed by atoms with Crippen LogP contribution in [0, 0.1) is 0 Å². The highest BCUT2D eigenvalue weighted by molar-refractivity contribution is 7.08. The Hall–Kier alpha value is -2.55. The SMILES string of the molecule is CN1CCN(Cc2cnn(C)c2)CC1c1nnn2cc(-c3ccsc3)ccc12. The molecule has 7 nitrogen and oxygen atoms in total. The number of nitrogens with zero attached hydrogens (tertiary/aromatic N) is 7. The average Bonchev–Trinajstić information content (AvgIpc) is 3.44. The molecule has 28 heavy (non-hydrogen) atoms. The van der Waals surface area contributed by atoms with Gasteiger partial charge in [0.15, 0.2) is 0 Å². The number of aromatic nitrogens is 5. The van der Waals surface area contributed by atoms with Crippen molar-refractivity contribution in [1.29, 1.82) is 0 Å². The standard InChI is InChI=1S/C20H23N7S/c1-24-6-7-26(11-15-9-21-25(2)10-15)13-19(24)20-18-4-3-16(12-27(18)23-22-20)17-5-8-28-14-17/h3-5,8-10,12,14,19H,6-7,11,13H2,1-2H3. The molecule has 0 aliphatic carbocycles. The molecule has 1 aliphatic heterocycles. The van der Waals surface area contributed by atoms with Gasteiger partial charge in [-0.05, 0) is 35.5 Å². The fraction of sp³-hybridized carbons (Fsp3) is 0.350. The fourth-order valence-electron chi connectivity index (χ4n) is 3.93. The third kappa shape index (κ3) is 3.23. The van der Waals surface area contributed by atoms with Crippen LogP contribution in [0.3, 0.4) is 0 Å². The van der Waals surface area contributed by atoms with Crippen LogP contribution in [0.2, 0.25) is 0 Å². The van der Waals surface area contributed by atoms with E-state index in [0.717, 1.165) is 37.4 Å². The first kappa shape index (κ1) is 17.5. The monoisotopic (exact) mass is 393 g/mol. The molecule has 1 fully saturated rings. The van der Waals surface area contributed by atoms with E-state index in [9.17, 15) is 0 Å². The first-order chi connectivity index (χ1) is 13.7. The molecule has 0 amide bonds. The molecule has 0 N–H and O–H groups in total. The van der Waals surface area contributed by atoms with Gasteiger partial charge in [0.1, 0.15) is 5.69 Å². The molecule has 1 atom stereocenters. The van der Waals surface area contributed by atoms with E-state index in [4.69, 9.17) is 0 Å². The molecule has 0 bridgehead atoms. The number of hydrogen-bond acceptors (Lipinski definition) is 6. The van der Waals surface area contributed by atoms with E-state index in [1.54, 1.807) is 11.3 Å². The summed E-state index contributed by atoms with van der Waals surface area (Å²) in [4.78, 5) is 4.86. The Morgan fingerprint density at radius 1 is 1.11 bits per heavy atom. The van der Waals surface area contributed by atoms with Gasteiger partial charge in [0.2, 0.25) is 0 Å². The highest BCUT2D eigenvalue weighted by Crippen LogP contribution is 2.28. The number of rotatable bonds is 4. The topological polar surface area (TPSA) is 54.5 Å². The Balaban J connectivity index is 1.41. The largest absolute Gasteiger partial charge is 0.296 e. The normalized spacial score (nSPS) is 18.9. The summed E-state index contributed by atoms with van der Waals surface area (Å²) in [5.74, 6) is 0. The number of thiophene rings is 1. The van der Waals surface area contributed by atoms with Crippen molar-refractivity contribution in [3.8, 4) is 11.1 Å². The maximum atomic E-state index is 4.57. The molecule has 0 saturated carbocycles. The molecule has 5 rings (SSSR count). The van der Waals surface area contributed by atoms with E-state index in [1.807, 2.05) is 22.4 Å². The number of fused-ring (bicyclic) bond motifs is 1. The van der Waals surface area contributed by atoms with E-state index in [1.165, 1.54) is 16.7 Å². The van der Waals surface area contributed by atoms with Gasteiger partial charge in [0.05, 0.1) is 17.8 Å². The summed E-state index contributed by atoms with van der Waals surface area (Å²) in [7, 11) is 4.14. The predicted molar refractivity (Wildman–Crippen MR) is 110 cm³/mol. The van der Waals surface area contributed by atoms with Gasteiger partial charge >= 0.3 is 0 Å². The number of likely N-dealkylation sites (N-methyl/N-ethyl adjacent to an activating group) is 1. The van der Waals surface area contributed by atoms with Crippen LogP contribution in [-0.2, 0) is 13.6 Å². The highest BCUT2D eigenvalue weighted by atomic mass is 32.1. The van der Waals surface area contributed by atoms with Crippen molar-refractivity contribution in [2.45, 2.75) is 12.6 Å². The first-order valence-electron chi connectivity index (χ1n) is 9.45. The Kier molecular flexibility index (Phi) is 4.46. The lowest BCUT2D eigenvalue weighted by Gasteiger charge is -2.38. The smallest absolute Gasteiger partial charge is 0.109 e. The van der Waals surface area contributed by atoms with Gasteiger partial charge in [0, 0.05) is 56.7 Å². The summed E-state index contributed by atoms with van der Waals surface area (Å²) in [6.07, 6.45) is 6.11. The van der Waals surface area contributed by atoms with Crippen molar-refractivity contribution in [2.75, 3.05) is 26.7 Å². The van der Waals surface area contributed by atoms with Crippen molar-refractivity contribution in [3.63, 3.8) is 0 Å². The zero-order chi connectivity index (χ0) is 19.1. The second kappa shape index (κ2) is 7.12. The second-order valence-corrected chi connectivity index (χ2v) is 8.27. The van der Waals surface area contributed by atoms with Gasteiger partial charge in [0.25, 0.3) is 0 Å². The molecule has 0 radical (unpaired) electrons. The molecule has 0 aromatic carbocycles. The van der Waals surface area contributed by atoms with Crippen LogP contribution in [-0.4, -0.2) is 61.1 Å². The minimum absolute atomic E-state index is 0.231. The highest BCUT2D eigenvalue weighted by Gasteiger charge is 2.29. The zero-order valence-electron chi connectivity index (χ0n) is 16.1. The minimum Gasteiger partial charge on any atom is -0.296 e. The van der Waals surface area contributed by atoms with Crippen LogP contribution < -0.4 is 0 Å². The number of pyridine rings is 1. The minimum atomic E-state index is 0.231. The van der Waals surface area contributed by atoms with Gasteiger partial charge in [-0.25, -0.2) is 4.52 Å². The van der Waals surface area contributed by atoms with E-state index in [0.29, 0.717) is 0 Å². The number of piperazine rings is 1. The predicted octanol–water partition coefficient (Wildman–Crippen LogP) is 2.68. The zero-order valence-corrected chi connectivity index (χ0v) is 16.9. The summed E-state index contributed by atoms with van der Waals surface area (Å²) in [6.45, 7) is 3.91. The molecular weight excluding hydrogens is 370 g/mol. The van der Waals surface area contributed by atoms with E-state index < -0.39 is 0 Å². The lowest BCUT2D eigenvalue weighted by molar-refractivity contribution is 0.0889. The average molecular weight is 394 g/mol. The van der Waals surface area contributed by atoms with Gasteiger partial charge in [-0.1, -0.05) is 11.3 Å². The van der Waals surface area contributed by atoms with Crippen molar-refractivity contribution < 1.29 is 0 Å². The summed E-state index contributed by atoms with van der Waals surface area (Å²) < 4.78 is 3.77. The van der Waals surface area contributed by atoms with E-state index in [-0.39, 0.29) is 6.04 Å². The summed E-state index contributed by atoms with van der Waals surface area (Å²) in [6, 6.07) is 6.68. The lowest BCUT2D eigenvalue weighted by Crippen LogP contribution is -2.46. The number of aryl methyl sites for hydroxylation is 1. The molecule has 1 aliphatic rings. The van der Waals surface area contributed by atoms with Gasteiger partial charge in [-0.15, -0.1) is 5.10 Å². The second-order valence-electron chi connectivity index (χ2n) is 7.49.